The molecule has 32 heteroatoms. The van der Waals surface area contributed by atoms with Crippen LogP contribution in [0.5, 0.6) is 0 Å². The highest BCUT2D eigenvalue weighted by molar-refractivity contribution is 6.00. The number of rotatable bonds is 24. The van der Waals surface area contributed by atoms with Crippen molar-refractivity contribution in [3.63, 3.8) is 0 Å². The van der Waals surface area contributed by atoms with E-state index in [-0.39, 0.29) is 75.0 Å². The topological polar surface area (TPSA) is 532 Å². The maximum atomic E-state index is 15.5. The van der Waals surface area contributed by atoms with Gasteiger partial charge in [0.25, 0.3) is 0 Å². The van der Waals surface area contributed by atoms with Crippen LogP contribution in [0.15, 0.2) is 65.7 Å². The third-order valence-corrected chi connectivity index (χ3v) is 15.4. The Kier molecular flexibility index (Phi) is 32.9. The summed E-state index contributed by atoms with van der Waals surface area (Å²) in [6, 6.07) is -0.805. The second kappa shape index (κ2) is 39.0. The number of amides is 11. The summed E-state index contributed by atoms with van der Waals surface area (Å²) < 4.78 is 5.96. The zero-order chi connectivity index (χ0) is 70.7. The number of hydrogen-bond acceptors (Lipinski definition) is 19. The normalized spacial score (nSPS) is 24.1. The first-order chi connectivity index (χ1) is 44.2. The first-order valence-corrected chi connectivity index (χ1v) is 31.2. The molecule has 22 N–H and O–H groups in total. The second-order valence-electron chi connectivity index (χ2n) is 24.4. The van der Waals surface area contributed by atoms with Crippen molar-refractivity contribution in [2.24, 2.45) is 57.5 Å². The average molecular weight is 1320 g/mol. The van der Waals surface area contributed by atoms with Gasteiger partial charge >= 0.3 is 5.97 Å². The predicted octanol–water partition coefficient (Wildman–Crippen LogP) is -4.99. The molecule has 0 spiro atoms. The minimum absolute atomic E-state index is 0.0435. The lowest BCUT2D eigenvalue weighted by Gasteiger charge is -2.34. The SMILES string of the molecule is CC[C@H](C)[C@@H]1NC(=O)[C@@H](CCCN=C(N)N)NC(=O)[C@H](CC(C)C)NC(=O)[C@H]([C@H](O)C(C)C)NC(=O)[C@@H](NC(=O)[C@H](CC(C)C)NC(=O)[C@@H](CN)Cc2ccccc2)[C@@H](c2ccccc2)OC(=O)[C@H](CO)NC(=O)[C@H]([C@H](O)C(N)=O)NC(=O)CNC(=O)[C@H]([C@H](C)O)NC1=O. The Labute approximate surface area is 546 Å². The van der Waals surface area contributed by atoms with Gasteiger partial charge in [-0.05, 0) is 73.8 Å². The molecule has 11 amide bonds. The van der Waals surface area contributed by atoms with Gasteiger partial charge in [0.05, 0.1) is 31.3 Å². The first kappa shape index (κ1) is 79.4. The molecule has 1 saturated heterocycles. The van der Waals surface area contributed by atoms with E-state index in [2.05, 4.69) is 47.5 Å². The molecule has 0 saturated carbocycles. The predicted molar refractivity (Wildman–Crippen MR) is 341 cm³/mol. The van der Waals surface area contributed by atoms with Crippen LogP contribution in [0.3, 0.4) is 0 Å². The molecule has 3 rings (SSSR count). The quantitative estimate of drug-likeness (QED) is 0.0203. The van der Waals surface area contributed by atoms with Crippen molar-refractivity contribution in [1.29, 1.82) is 0 Å². The number of aliphatic imine (C=N–C) groups is 1. The number of cyclic esters (lactones) is 1. The Morgan fingerprint density at radius 1 is 0.649 bits per heavy atom. The molecule has 0 bridgehead atoms. The molecular weight excluding hydrogens is 1230 g/mol. The van der Waals surface area contributed by atoms with Crippen LogP contribution in [0.1, 0.15) is 112 Å². The van der Waals surface area contributed by atoms with Crippen molar-refractivity contribution in [1.82, 2.24) is 53.2 Å². The number of carbonyl (C=O) groups is 12. The number of nitrogens with one attached hydrogen (secondary N) is 10. The maximum Gasteiger partial charge on any atom is 0.331 e. The summed E-state index contributed by atoms with van der Waals surface area (Å²) in [5.41, 5.74) is 23.3. The monoisotopic (exact) mass is 1320 g/mol. The van der Waals surface area contributed by atoms with Crippen LogP contribution in [0.2, 0.25) is 0 Å². The van der Waals surface area contributed by atoms with E-state index in [1.165, 1.54) is 44.2 Å². The molecule has 1 fully saturated rings. The lowest BCUT2D eigenvalue weighted by Crippen LogP contribution is -2.64. The maximum absolute atomic E-state index is 15.5. The van der Waals surface area contributed by atoms with E-state index >= 15 is 9.59 Å². The summed E-state index contributed by atoms with van der Waals surface area (Å²) >= 11 is 0. The summed E-state index contributed by atoms with van der Waals surface area (Å²) in [6.45, 7) is 11.6. The smallest absolute Gasteiger partial charge is 0.331 e. The minimum Gasteiger partial charge on any atom is -0.453 e. The molecule has 1 aliphatic heterocycles. The van der Waals surface area contributed by atoms with Gasteiger partial charge in [-0.3, -0.25) is 57.7 Å². The third-order valence-electron chi connectivity index (χ3n) is 15.4. The number of primary amides is 1. The van der Waals surface area contributed by atoms with Crippen molar-refractivity contribution in [3.8, 4) is 0 Å². The molecule has 94 heavy (non-hydrogen) atoms. The standard InChI is InChI=1S/C62H97N15O17/c1-10-33(8)43-57(89)75-44(34(9)79)56(88)68-28-42(80)73-46(49(82)51(64)83)59(91)72-41(29-78)61(93)94-50(36-20-15-12-16-21-36)47(77-55(87)40(25-31(4)5)70-52(84)37(27-63)26-35-18-13-11-14-19-35)60(92)76-45(48(81)32(6)7)58(90)71-39(24-30(2)3)54(86)69-38(53(85)74-43)22-17-23-67-62(65)66/h11-16,18-21,30-34,37-41,43-50,78-79,81-82H,10,17,22-29,63H2,1-9H3,(H2,64,83)(H,68,88)(H,69,86)(H,70,84)(H,71,90)(H,72,91)(H,73,80)(H,74,85)(H,75,89)(H,76,92)(H,77,87)(H4,65,66,67)/t33-,34-,37+,38+,39-,40-,41-,43-,44-,45-,46-,47-,48+,49-,50+/m0/s1. The van der Waals surface area contributed by atoms with E-state index in [0.29, 0.717) is 0 Å². The van der Waals surface area contributed by atoms with Gasteiger partial charge in [0, 0.05) is 13.1 Å². The molecule has 15 atom stereocenters. The number of nitrogens with two attached hydrogens (primary N) is 4. The molecule has 0 radical (unpaired) electrons. The van der Waals surface area contributed by atoms with E-state index in [0.717, 1.165) is 12.5 Å². The largest absolute Gasteiger partial charge is 0.453 e. The number of ether oxygens (including phenoxy) is 1. The van der Waals surface area contributed by atoms with Gasteiger partial charge in [-0.15, -0.1) is 0 Å². The fraction of sp³-hybridized carbons (Fsp3) is 0.597. The van der Waals surface area contributed by atoms with E-state index in [1.54, 1.807) is 71.9 Å². The van der Waals surface area contributed by atoms with Crippen molar-refractivity contribution in [2.45, 2.75) is 180 Å². The summed E-state index contributed by atoms with van der Waals surface area (Å²) in [4.78, 5) is 175. The molecule has 2 aromatic rings. The molecular formula is C62H97N15O17. The molecule has 0 aliphatic carbocycles. The third kappa shape index (κ3) is 25.2. The highest BCUT2D eigenvalue weighted by Gasteiger charge is 2.44. The first-order valence-electron chi connectivity index (χ1n) is 31.2. The molecule has 2 aromatic carbocycles. The fourth-order valence-corrected chi connectivity index (χ4v) is 9.83. The average Bonchev–Trinajstić information content (AvgIpc) is 0.868. The van der Waals surface area contributed by atoms with Gasteiger partial charge in [-0.25, -0.2) is 4.79 Å². The number of esters is 1. The number of carbonyl (C=O) groups excluding carboxylic acids is 12. The molecule has 522 valence electrons. The van der Waals surface area contributed by atoms with E-state index < -0.39 is 181 Å². The van der Waals surface area contributed by atoms with Crippen LogP contribution in [0.25, 0.3) is 0 Å². The second-order valence-corrected chi connectivity index (χ2v) is 24.4. The van der Waals surface area contributed by atoms with Crippen LogP contribution in [-0.4, -0.2) is 196 Å². The number of benzene rings is 2. The van der Waals surface area contributed by atoms with Crippen LogP contribution < -0.4 is 76.1 Å². The Bertz CT molecular complexity index is 2920. The van der Waals surface area contributed by atoms with Gasteiger partial charge in [-0.1, -0.05) is 122 Å². The number of aliphatic hydroxyl groups excluding tert-OH is 4. The van der Waals surface area contributed by atoms with Gasteiger partial charge in [-0.2, -0.15) is 0 Å². The van der Waals surface area contributed by atoms with Crippen molar-refractivity contribution in [3.05, 3.63) is 71.8 Å². The van der Waals surface area contributed by atoms with Gasteiger partial charge in [0.1, 0.15) is 48.3 Å². The van der Waals surface area contributed by atoms with Crippen molar-refractivity contribution < 1.29 is 82.7 Å². The van der Waals surface area contributed by atoms with Crippen molar-refractivity contribution in [2.75, 3.05) is 26.2 Å². The van der Waals surface area contributed by atoms with Gasteiger partial charge in [0.2, 0.25) is 65.0 Å². The van der Waals surface area contributed by atoms with Crippen LogP contribution in [0.4, 0.5) is 0 Å². The number of aliphatic hydroxyl groups is 4. The zero-order valence-electron chi connectivity index (χ0n) is 54.6. The van der Waals surface area contributed by atoms with Crippen LogP contribution in [-0.2, 0) is 68.7 Å². The summed E-state index contributed by atoms with van der Waals surface area (Å²) in [5.74, 6) is -18.0. The molecule has 32 nitrogen and oxygen atoms in total. The Morgan fingerprint density at radius 2 is 1.20 bits per heavy atom. The Balaban J connectivity index is 2.41. The minimum atomic E-state index is -2.58. The molecule has 0 aromatic heterocycles. The molecule has 0 unspecified atom stereocenters. The van der Waals surface area contributed by atoms with E-state index in [9.17, 15) is 68.4 Å². The summed E-state index contributed by atoms with van der Waals surface area (Å²) in [7, 11) is 0. The summed E-state index contributed by atoms with van der Waals surface area (Å²) in [6.07, 6.45) is -8.13. The molecule has 1 heterocycles. The zero-order valence-corrected chi connectivity index (χ0v) is 54.6. The Hall–Kier alpha value is -8.85. The van der Waals surface area contributed by atoms with Crippen molar-refractivity contribution >= 4 is 76.9 Å². The lowest BCUT2D eigenvalue weighted by atomic mass is 9.95. The fourth-order valence-electron chi connectivity index (χ4n) is 9.83. The highest BCUT2D eigenvalue weighted by Crippen LogP contribution is 2.25. The highest BCUT2D eigenvalue weighted by atomic mass is 16.5. The number of nitrogens with zero attached hydrogens (tertiary/aromatic N) is 1. The van der Waals surface area contributed by atoms with Crippen LogP contribution >= 0.6 is 0 Å². The van der Waals surface area contributed by atoms with Gasteiger partial charge in [0.15, 0.2) is 24.2 Å². The number of hydrogen-bond donors (Lipinski definition) is 18. The lowest BCUT2D eigenvalue weighted by molar-refractivity contribution is -0.159. The Morgan fingerprint density at radius 3 is 1.74 bits per heavy atom. The molecule has 1 aliphatic rings. The number of guanidine groups is 1. The van der Waals surface area contributed by atoms with Crippen LogP contribution in [0, 0.1) is 29.6 Å². The van der Waals surface area contributed by atoms with E-state index in [4.69, 9.17) is 27.7 Å². The van der Waals surface area contributed by atoms with Gasteiger partial charge < -0.3 is 101 Å². The van der Waals surface area contributed by atoms with E-state index in [1.807, 2.05) is 10.6 Å². The summed E-state index contributed by atoms with van der Waals surface area (Å²) in [5, 5.41) is 68.5.